The molecule has 0 saturated heterocycles. The lowest BCUT2D eigenvalue weighted by atomic mass is 9.80. The SMILES string of the molecule is CO[Si](COCCOC(=O)CN1C(=O)c2cc(Oc3ccccc3)c3c4c(Oc5ccccc5)cc5c6c(cc(Oc7ccccc7)c(c7c(Oc8ccccc8)cc(c2c37)C1=O)c64)C(=O)N(CC(=O)OCCOC[Si](OC)(OC)OC)C5=O)(OC)OC. The largest absolute Gasteiger partial charge is 0.527 e. The molecule has 0 aliphatic carbocycles. The Bertz CT molecular complexity index is 3620. The second-order valence-corrected chi connectivity index (χ2v) is 25.6. The molecule has 0 unspecified atom stereocenters. The highest BCUT2D eigenvalue weighted by molar-refractivity contribution is 6.60. The van der Waals surface area contributed by atoms with Gasteiger partial charge in [-0.3, -0.25) is 38.6 Å². The Morgan fingerprint density at radius 1 is 0.341 bits per heavy atom. The van der Waals surface area contributed by atoms with Crippen LogP contribution in [0.25, 0.3) is 43.1 Å². The first-order valence-corrected chi connectivity index (χ1v) is 31.4. The van der Waals surface area contributed by atoms with Gasteiger partial charge in [-0.25, -0.2) is 0 Å². The van der Waals surface area contributed by atoms with Gasteiger partial charge in [-0.1, -0.05) is 72.8 Å². The van der Waals surface area contributed by atoms with Crippen LogP contribution in [0.15, 0.2) is 146 Å². The van der Waals surface area contributed by atoms with Crippen LogP contribution >= 0.6 is 0 Å². The number of fused-ring (bicyclic) bond motifs is 2. The molecule has 4 amide bonds. The number of hydrogen-bond acceptors (Lipinski definition) is 20. The third kappa shape index (κ3) is 11.6. The van der Waals surface area contributed by atoms with Crippen LogP contribution in [0.2, 0.25) is 0 Å². The average molecular weight is 1230 g/mol. The van der Waals surface area contributed by atoms with Crippen LogP contribution in [0.4, 0.5) is 0 Å². The molecule has 9 aromatic rings. The molecule has 2 aliphatic heterocycles. The first-order valence-electron chi connectivity index (χ1n) is 27.6. The molecule has 0 fully saturated rings. The van der Waals surface area contributed by atoms with Crippen molar-refractivity contribution in [3.05, 3.63) is 168 Å². The second-order valence-electron chi connectivity index (χ2n) is 19.9. The Labute approximate surface area is 505 Å². The molecule has 0 saturated carbocycles. The number of ether oxygens (including phenoxy) is 8. The Morgan fingerprint density at radius 3 is 0.830 bits per heavy atom. The summed E-state index contributed by atoms with van der Waals surface area (Å²) in [4.78, 5) is 90.4. The molecular formula is C64H58N2O20Si2. The summed E-state index contributed by atoms with van der Waals surface area (Å²) in [6.07, 6.45) is -0.0854. The molecule has 24 heteroatoms. The summed E-state index contributed by atoms with van der Waals surface area (Å²) < 4.78 is 82.4. The summed E-state index contributed by atoms with van der Waals surface area (Å²) in [5.41, 5.74) is -0.158. The molecule has 0 radical (unpaired) electrons. The van der Waals surface area contributed by atoms with Crippen molar-refractivity contribution in [3.63, 3.8) is 0 Å². The van der Waals surface area contributed by atoms with Crippen LogP contribution < -0.4 is 18.9 Å². The summed E-state index contributed by atoms with van der Waals surface area (Å²) in [5.74, 6) is -3.75. The second kappa shape index (κ2) is 26.0. The third-order valence-electron chi connectivity index (χ3n) is 14.9. The number of hydrogen-bond donors (Lipinski definition) is 0. The van der Waals surface area contributed by atoms with Gasteiger partial charge < -0.3 is 64.5 Å². The molecule has 452 valence electrons. The number of esters is 2. The lowest BCUT2D eigenvalue weighted by Crippen LogP contribution is -2.48. The lowest BCUT2D eigenvalue weighted by Gasteiger charge is -2.32. The zero-order chi connectivity index (χ0) is 61.7. The van der Waals surface area contributed by atoms with E-state index >= 15 is 19.2 Å². The molecule has 22 nitrogen and oxygen atoms in total. The average Bonchev–Trinajstić information content (AvgIpc) is 0.676. The van der Waals surface area contributed by atoms with Crippen molar-refractivity contribution in [1.29, 1.82) is 0 Å². The van der Waals surface area contributed by atoms with E-state index in [4.69, 9.17) is 64.5 Å². The van der Waals surface area contributed by atoms with E-state index < -0.39 is 66.3 Å². The molecule has 0 atom stereocenters. The van der Waals surface area contributed by atoms with Crippen LogP contribution in [0, 0.1) is 0 Å². The fourth-order valence-electron chi connectivity index (χ4n) is 10.7. The Morgan fingerprint density at radius 2 is 0.591 bits per heavy atom. The van der Waals surface area contributed by atoms with Gasteiger partial charge in [-0.2, -0.15) is 0 Å². The van der Waals surface area contributed by atoms with E-state index in [1.54, 1.807) is 121 Å². The number of rotatable bonds is 28. The lowest BCUT2D eigenvalue weighted by molar-refractivity contribution is -0.146. The Hall–Kier alpha value is -9.19. The number of nitrogens with zero attached hydrogens (tertiary/aromatic N) is 2. The minimum absolute atomic E-state index is 0.0395. The van der Waals surface area contributed by atoms with Crippen molar-refractivity contribution in [2.75, 3.05) is 94.6 Å². The zero-order valence-electron chi connectivity index (χ0n) is 48.6. The van der Waals surface area contributed by atoms with Gasteiger partial charge in [0.1, 0.15) is 84.8 Å². The Kier molecular flexibility index (Phi) is 17.9. The number of benzene rings is 9. The molecule has 2 aliphatic rings. The minimum Gasteiger partial charge on any atom is -0.462 e. The van der Waals surface area contributed by atoms with Crippen molar-refractivity contribution in [2.45, 2.75) is 0 Å². The number of amides is 4. The fourth-order valence-corrected chi connectivity index (χ4v) is 13.2. The summed E-state index contributed by atoms with van der Waals surface area (Å²) in [5, 5.41) is 1.84. The number of carbonyl (C=O) groups excluding carboxylic acids is 6. The molecule has 0 N–H and O–H groups in total. The topological polar surface area (TPSA) is 238 Å². The predicted octanol–water partition coefficient (Wildman–Crippen LogP) is 10.1. The highest BCUT2D eigenvalue weighted by Crippen LogP contribution is 2.58. The highest BCUT2D eigenvalue weighted by Gasteiger charge is 2.44. The van der Waals surface area contributed by atoms with Crippen molar-refractivity contribution < 1.29 is 93.2 Å². The molecule has 0 aromatic heterocycles. The summed E-state index contributed by atoms with van der Waals surface area (Å²) in [7, 11) is 2.35. The van der Waals surface area contributed by atoms with Crippen molar-refractivity contribution in [1.82, 2.24) is 9.80 Å². The van der Waals surface area contributed by atoms with Crippen molar-refractivity contribution in [2.24, 2.45) is 0 Å². The zero-order valence-corrected chi connectivity index (χ0v) is 50.6. The molecule has 2 heterocycles. The first-order chi connectivity index (χ1) is 42.8. The van der Waals surface area contributed by atoms with Gasteiger partial charge in [0, 0.05) is 85.7 Å². The molecule has 9 aromatic carbocycles. The van der Waals surface area contributed by atoms with E-state index in [0.717, 1.165) is 9.80 Å². The van der Waals surface area contributed by atoms with Crippen LogP contribution in [0.5, 0.6) is 46.0 Å². The van der Waals surface area contributed by atoms with Crippen LogP contribution in [-0.2, 0) is 55.1 Å². The number of para-hydroxylation sites is 4. The monoisotopic (exact) mass is 1230 g/mol. The minimum atomic E-state index is -3.12. The summed E-state index contributed by atoms with van der Waals surface area (Å²) in [6, 6.07) is 40.9. The van der Waals surface area contributed by atoms with E-state index in [0.29, 0.717) is 23.0 Å². The first kappa shape index (κ1) is 60.5. The van der Waals surface area contributed by atoms with Gasteiger partial charge in [0.25, 0.3) is 23.6 Å². The molecule has 11 rings (SSSR count). The fraction of sp³-hybridized carbons (Fsp3) is 0.219. The van der Waals surface area contributed by atoms with Gasteiger partial charge >= 0.3 is 29.5 Å². The van der Waals surface area contributed by atoms with Crippen LogP contribution in [0.1, 0.15) is 41.4 Å². The summed E-state index contributed by atoms with van der Waals surface area (Å²) >= 11 is 0. The summed E-state index contributed by atoms with van der Waals surface area (Å²) in [6.45, 7) is -2.30. The predicted molar refractivity (Wildman–Crippen MR) is 322 cm³/mol. The molecule has 0 bridgehead atoms. The maximum Gasteiger partial charge on any atom is 0.527 e. The van der Waals surface area contributed by atoms with Gasteiger partial charge in [0.05, 0.1) is 35.5 Å². The standard InChI is InChI=1S/C64H58N2O20Si2/c1-73-87(74-2,75-3)37-79-27-29-81-51(67)35-65-61(69)43-31-47(83-39-19-11-7-12-20-39)55-57-49(85-41-23-15-9-16-24-41)33-45-54-46(64(72)66(63(45)71)36-52(68)82-30-28-80-38-88(76-4,77-5)78-6)34-50(86-42-25-17-10-18-26-42)58(60(54)57)56-48(84-40-21-13-8-14-22-40)32-44(62(65)70)53(43)59(55)56/h7-26,31-34H,27-30,35-38H2,1-6H3. The van der Waals surface area contributed by atoms with E-state index in [1.807, 2.05) is 0 Å². The maximum absolute atomic E-state index is 15.3. The number of imide groups is 2. The van der Waals surface area contributed by atoms with E-state index in [2.05, 4.69) is 0 Å². The molecule has 88 heavy (non-hydrogen) atoms. The quantitative estimate of drug-likeness (QED) is 0.0111. The van der Waals surface area contributed by atoms with E-state index in [-0.39, 0.29) is 127 Å². The third-order valence-corrected chi connectivity index (χ3v) is 19.8. The van der Waals surface area contributed by atoms with E-state index in [1.165, 1.54) is 66.9 Å². The maximum atomic E-state index is 15.3. The van der Waals surface area contributed by atoms with Crippen molar-refractivity contribution in [3.8, 4) is 46.0 Å². The highest BCUT2D eigenvalue weighted by atomic mass is 28.4. The molecular weight excluding hydrogens is 1170 g/mol. The van der Waals surface area contributed by atoms with Gasteiger partial charge in [0.2, 0.25) is 0 Å². The van der Waals surface area contributed by atoms with Gasteiger partial charge in [-0.15, -0.1) is 0 Å². The van der Waals surface area contributed by atoms with E-state index in [9.17, 15) is 9.59 Å². The molecule has 0 spiro atoms. The smallest absolute Gasteiger partial charge is 0.462 e. The van der Waals surface area contributed by atoms with Gasteiger partial charge in [-0.05, 0) is 72.8 Å². The van der Waals surface area contributed by atoms with Crippen molar-refractivity contribution >= 4 is 96.3 Å². The number of carbonyl (C=O) groups is 6. The normalized spacial score (nSPS) is 13.3. The van der Waals surface area contributed by atoms with Crippen LogP contribution in [0.3, 0.4) is 0 Å². The van der Waals surface area contributed by atoms with Crippen LogP contribution in [-0.4, -0.2) is 158 Å². The van der Waals surface area contributed by atoms with Gasteiger partial charge in [0.15, 0.2) is 0 Å². The Balaban J connectivity index is 1.13.